The second-order valence-corrected chi connectivity index (χ2v) is 310. The second kappa shape index (κ2) is 34.8. The third-order valence-corrected chi connectivity index (χ3v) is 555. The second-order valence-electron chi connectivity index (χ2n) is 11.5. The van der Waals surface area contributed by atoms with Crippen molar-refractivity contribution in [3.05, 3.63) is 0 Å². The highest BCUT2D eigenvalue weighted by molar-refractivity contribution is 9.82. The average molecular weight is 2790 g/mol. The lowest BCUT2D eigenvalue weighted by Crippen LogP contribution is -2.41. The molecular weight excluding hydrogens is 2790 g/mol. The quantitative estimate of drug-likeness (QED) is 0.0612. The Hall–Kier alpha value is 23.0. The highest BCUT2D eigenvalue weighted by atomic mass is 34.5. The van der Waals surface area contributed by atoms with Gasteiger partial charge in [0.05, 0.1) is 5.21 Å². The van der Waals surface area contributed by atoms with Crippen molar-refractivity contribution in [1.29, 1.82) is 0 Å². The molecule has 0 fully saturated rings. The highest BCUT2D eigenvalue weighted by Gasteiger charge is 2.49. The minimum atomic E-state index is -4.14. The first-order chi connectivity index (χ1) is 36.4. The van der Waals surface area contributed by atoms with E-state index in [2.05, 4.69) is 0 Å². The summed E-state index contributed by atoms with van der Waals surface area (Å²) in [6.45, 7) is 0. The molecule has 522 valence electrons. The summed E-state index contributed by atoms with van der Waals surface area (Å²) >= 11 is 348. The van der Waals surface area contributed by atoms with Gasteiger partial charge in [-0.15, -0.1) is 0 Å². The zero-order valence-corrected chi connectivity index (χ0v) is 107. The first-order valence-corrected chi connectivity index (χ1v) is 129. The molecule has 0 nitrogen and oxygen atoms in total. The minimum Gasteiger partial charge on any atom is -0.463 e. The van der Waals surface area contributed by atoms with Crippen molar-refractivity contribution >= 4 is 804 Å². The molecule has 0 aromatic rings. The third kappa shape index (κ3) is 17.2. The van der Waals surface area contributed by atoms with Gasteiger partial charge in [-0.3, -0.25) is 7.05 Å². The maximum absolute atomic E-state index is 6.19. The molecule has 0 saturated carbocycles. The van der Waals surface area contributed by atoms with E-state index in [0.29, 0.717) is 0 Å². The lowest BCUT2D eigenvalue weighted by Gasteiger charge is -2.37. The summed E-state index contributed by atoms with van der Waals surface area (Å²) in [5.74, 6) is -3.09. The Bertz CT molecular complexity index is 6620. The van der Waals surface area contributed by atoms with E-state index >= 15 is 0 Å². The van der Waals surface area contributed by atoms with E-state index in [4.69, 9.17) is 651 Å². The van der Waals surface area contributed by atoms with Crippen molar-refractivity contribution in [3.8, 4) is 0 Å². The van der Waals surface area contributed by atoms with Crippen LogP contribution in [-0.4, -0.2) is 0 Å². The van der Waals surface area contributed by atoms with Gasteiger partial charge in [-0.05, 0) is 559 Å². The van der Waals surface area contributed by atoms with Gasteiger partial charge in [0.1, 0.15) is 22.7 Å². The van der Waals surface area contributed by atoms with E-state index < -0.39 is 153 Å². The van der Waals surface area contributed by atoms with Gasteiger partial charge in [0.25, 0.3) is 0 Å². The van der Waals surface area contributed by atoms with E-state index in [9.17, 15) is 0 Å². The Morgan fingerprint density at radius 3 is 0.322 bits per heavy atom. The minimum absolute atomic E-state index is 1.58. The highest BCUT2D eigenvalue weighted by Crippen LogP contribution is 2.47. The molecule has 0 heterocycles. The first-order valence-electron chi connectivity index (χ1n) is 14.4. The van der Waals surface area contributed by atoms with Crippen molar-refractivity contribution in [1.82, 2.24) is 0 Å². The lowest BCUT2D eigenvalue weighted by atomic mass is 29.6. The van der Waals surface area contributed by atoms with Crippen LogP contribution >= 0.6 is 5.10 Å². The van der Waals surface area contributed by atoms with Gasteiger partial charge in [-0.25, -0.2) is 22.4 Å². The van der Waals surface area contributed by atoms with Crippen molar-refractivity contribution in [2.45, 2.75) is 0 Å². The van der Waals surface area contributed by atoms with Gasteiger partial charge in [-0.1, -0.05) is 27.6 Å². The first kappa shape index (κ1) is 110. The van der Waals surface area contributed by atoms with Crippen molar-refractivity contribution < 1.29 is 0 Å². The number of rotatable bonds is 28. The normalized spacial score (nSPS) is 17.0. The van der Waals surface area contributed by atoms with E-state index in [-0.39, 0.29) is 0 Å². The summed E-state index contributed by atoms with van der Waals surface area (Å²) < 4.78 is 0. The summed E-state index contributed by atoms with van der Waals surface area (Å²) in [7, 11) is -1.58. The molecule has 87 heteroatoms. The molecule has 0 aromatic carbocycles. The van der Waals surface area contributed by atoms with E-state index in [0.717, 1.165) is 0 Å². The van der Waals surface area contributed by atoms with Gasteiger partial charge in [-0.2, -0.15) is 0 Å². The summed E-state index contributed by atoms with van der Waals surface area (Å²) in [4.78, 5) is 0. The van der Waals surface area contributed by atoms with Gasteiger partial charge in [0.2, 0.25) is 0 Å². The Morgan fingerprint density at radius 2 is 0.241 bits per heavy atom. The van der Waals surface area contributed by atoms with Crippen molar-refractivity contribution in [2.75, 3.05) is 0 Å². The molecule has 1 unspecified atom stereocenters. The van der Waals surface area contributed by atoms with Crippen LogP contribution in [0.5, 0.6) is 0 Å². The molecule has 0 aromatic heterocycles. The van der Waals surface area contributed by atoms with E-state index in [1.165, 1.54) is 0 Å². The molecule has 0 aliphatic heterocycles. The Labute approximate surface area is 779 Å². The Kier molecular flexibility index (Phi) is 44.1. The van der Waals surface area contributed by atoms with Crippen LogP contribution < -0.4 is 0 Å². The van der Waals surface area contributed by atoms with Crippen LogP contribution in [0.4, 0.5) is 0 Å². The van der Waals surface area contributed by atoms with Crippen LogP contribution in [0.25, 0.3) is 0 Å². The summed E-state index contributed by atoms with van der Waals surface area (Å²) in [6.07, 6.45) is 0. The lowest BCUT2D eigenvalue weighted by molar-refractivity contribution is 4.96. The summed E-state index contributed by atoms with van der Waals surface area (Å²) in [6, 6.07) is 0. The Morgan fingerprint density at radius 1 is 0.161 bits per heavy atom. The fourth-order valence-electron chi connectivity index (χ4n) is 2.70. The van der Waals surface area contributed by atoms with E-state index in [1.807, 2.05) is 0 Å². The molecule has 1 atom stereocenters. The smallest absolute Gasteiger partial charge is 0.148 e. The standard InChI is InChI=1S/PS86/c2-1(3)61(6,7)63(10,11)65(14,15)67(18,19)69(22,23)71(26,27)73(30,31)75(34,35)77(38,39)79(42,43)81(46,47)83(50,51)85(54,55)87(58,59)86(56,57)84(52,53)82(48,49)80(44,45)78(40,41)76(36,37)74(32,33)72(28,29)70(24,25)68(20,21)66(16,17)64(12,13)62(8,9)60(4)5/q-1. The van der Waals surface area contributed by atoms with Crippen LogP contribution in [0.15, 0.2) is 0 Å². The molecule has 0 spiro atoms. The van der Waals surface area contributed by atoms with E-state index in [1.54, 1.807) is 0 Å². The fourth-order valence-corrected chi connectivity index (χ4v) is 655. The maximum Gasteiger partial charge on any atom is 0.148 e. The van der Waals surface area contributed by atoms with Crippen LogP contribution in [0, 0.1) is 0 Å². The fraction of sp³-hybridized carbons (Fsp3) is 0. The number of hydrogen-bond acceptors (Lipinski definition) is 59. The van der Waals surface area contributed by atoms with Crippen LogP contribution in [0.1, 0.15) is 0 Å². The molecule has 0 radical (unpaired) electrons. The molecule has 0 aliphatic carbocycles. The van der Waals surface area contributed by atoms with Gasteiger partial charge in [0, 0.05) is 147 Å². The predicted molar refractivity (Wildman–Crippen MR) is 640 cm³/mol. The average Bonchev–Trinajstić information content (AvgIpc) is 3.29. The maximum atomic E-state index is 6.19. The molecule has 0 saturated heterocycles. The zero-order valence-electron chi connectivity index (χ0n) is 35.6. The molecular formula is PS86-. The van der Waals surface area contributed by atoms with Gasteiger partial charge >= 0.3 is 0 Å². The van der Waals surface area contributed by atoms with Crippen LogP contribution in [0.3, 0.4) is 0 Å². The summed E-state index contributed by atoms with van der Waals surface area (Å²) in [5, 5.41) is -104. The van der Waals surface area contributed by atoms with Gasteiger partial charge < -0.3 is 12.2 Å². The predicted octanol–water partition coefficient (Wildman–Crippen LogP) is 0.655. The SMILES string of the molecule is S=[P+]([S-])S(=S)(=S)S(=S)(=S)S(=S)(=S)S(=S)(=S)S(=S)(=S)S(=S)(=S)S(=S)(=S)S(=S)(=S)S(=S)(=S)S(=S)(=S)S(=S)(=S)S(=S)(=S)S(=S)(=S)S(=S)(=S)S(=S)(=S)S(=S)(=S)S(=S)(=S)S(=S)(=S)S(=S)(=S)S(=S)(=S)S(=S)(=S)S(=S)(=S)S(=S)(=S)S(=S)(=S)S(=S)(=S)S(=S)(=S)S(=S)(=S)[S-](=S)=S. The monoisotopic (exact) mass is 2780 g/mol. The molecule has 0 amide bonds. The number of hydrogen-bond donors (Lipinski definition) is 0. The van der Waals surface area contributed by atoms with Crippen LogP contribution in [0.2, 0.25) is 0 Å². The molecule has 87 heavy (non-hydrogen) atoms. The van der Waals surface area contributed by atoms with Crippen LogP contribution in [-0.2, 0) is 799 Å². The third-order valence-electron chi connectivity index (χ3n) is 6.86. The molecule has 0 bridgehead atoms. The zero-order chi connectivity index (χ0) is 72.7. The molecule has 0 rings (SSSR count). The van der Waals surface area contributed by atoms with Crippen molar-refractivity contribution in [2.24, 2.45) is 0 Å². The van der Waals surface area contributed by atoms with Gasteiger partial charge in [0.15, 0.2) is 0 Å². The molecule has 0 aliphatic rings. The Balaban J connectivity index is 8.76. The largest absolute Gasteiger partial charge is 0.463 e. The summed E-state index contributed by atoms with van der Waals surface area (Å²) in [5.41, 5.74) is 0. The topological polar surface area (TPSA) is 0 Å². The van der Waals surface area contributed by atoms with Crippen molar-refractivity contribution in [3.63, 3.8) is 0 Å². The molecule has 0 N–H and O–H groups in total.